The quantitative estimate of drug-likeness (QED) is 0.855. The van der Waals surface area contributed by atoms with Crippen molar-refractivity contribution in [2.24, 2.45) is 0 Å². The molecule has 0 spiro atoms. The van der Waals surface area contributed by atoms with Crippen molar-refractivity contribution in [3.8, 4) is 0 Å². The standard InChI is InChI=1S/C13H18Br2N2/c1-9-6-11(14)13(12(15)7-9)16-10-4-3-5-17(2)8-10/h6-7,10,16H,3-5,8H2,1-2H3. The Balaban J connectivity index is 2.12. The van der Waals surface area contributed by atoms with E-state index in [0.717, 1.165) is 15.5 Å². The first-order valence-corrected chi connectivity index (χ1v) is 7.55. The molecule has 0 bridgehead atoms. The Hall–Kier alpha value is -0.0600. The van der Waals surface area contributed by atoms with Crippen LogP contribution in [-0.2, 0) is 0 Å². The van der Waals surface area contributed by atoms with Crippen molar-refractivity contribution in [1.82, 2.24) is 4.90 Å². The van der Waals surface area contributed by atoms with Crippen LogP contribution in [0.5, 0.6) is 0 Å². The minimum Gasteiger partial charge on any atom is -0.379 e. The van der Waals surface area contributed by atoms with Crippen molar-refractivity contribution in [1.29, 1.82) is 0 Å². The number of piperidine rings is 1. The van der Waals surface area contributed by atoms with Crippen LogP contribution in [0.15, 0.2) is 21.1 Å². The molecular formula is C13H18Br2N2. The van der Waals surface area contributed by atoms with Gasteiger partial charge in [-0.2, -0.15) is 0 Å². The summed E-state index contributed by atoms with van der Waals surface area (Å²) in [6, 6.07) is 4.85. The Labute approximate surface area is 120 Å². The Morgan fingerprint density at radius 1 is 1.29 bits per heavy atom. The van der Waals surface area contributed by atoms with E-state index in [-0.39, 0.29) is 0 Å². The molecule has 1 aromatic rings. The Morgan fingerprint density at radius 3 is 2.53 bits per heavy atom. The second kappa shape index (κ2) is 5.72. The molecule has 1 saturated heterocycles. The third kappa shape index (κ3) is 3.46. The summed E-state index contributed by atoms with van der Waals surface area (Å²) in [5, 5.41) is 3.64. The van der Waals surface area contributed by atoms with E-state index in [2.05, 4.69) is 68.2 Å². The molecule has 0 radical (unpaired) electrons. The molecule has 1 aliphatic rings. The Morgan fingerprint density at radius 2 is 1.94 bits per heavy atom. The minimum absolute atomic E-state index is 0.545. The van der Waals surface area contributed by atoms with Gasteiger partial charge in [0.15, 0.2) is 0 Å². The highest BCUT2D eigenvalue weighted by atomic mass is 79.9. The average Bonchev–Trinajstić information content (AvgIpc) is 2.23. The van der Waals surface area contributed by atoms with E-state index < -0.39 is 0 Å². The molecule has 4 heteroatoms. The molecule has 2 rings (SSSR count). The number of hydrogen-bond acceptors (Lipinski definition) is 2. The van der Waals surface area contributed by atoms with Gasteiger partial charge in [-0.3, -0.25) is 0 Å². The number of likely N-dealkylation sites (tertiary alicyclic amines) is 1. The monoisotopic (exact) mass is 360 g/mol. The molecule has 0 saturated carbocycles. The van der Waals surface area contributed by atoms with E-state index in [4.69, 9.17) is 0 Å². The number of benzene rings is 1. The van der Waals surface area contributed by atoms with Crippen LogP contribution in [0, 0.1) is 6.92 Å². The van der Waals surface area contributed by atoms with Gasteiger partial charge in [0.05, 0.1) is 5.69 Å². The number of likely N-dealkylation sites (N-methyl/N-ethyl adjacent to an activating group) is 1. The highest BCUT2D eigenvalue weighted by Gasteiger charge is 2.18. The topological polar surface area (TPSA) is 15.3 Å². The van der Waals surface area contributed by atoms with Gasteiger partial charge in [0, 0.05) is 21.5 Å². The largest absolute Gasteiger partial charge is 0.379 e. The van der Waals surface area contributed by atoms with E-state index in [0.29, 0.717) is 6.04 Å². The molecular weight excluding hydrogens is 344 g/mol. The van der Waals surface area contributed by atoms with E-state index >= 15 is 0 Å². The van der Waals surface area contributed by atoms with Gasteiger partial charge in [-0.05, 0) is 82.9 Å². The van der Waals surface area contributed by atoms with Crippen LogP contribution in [0.4, 0.5) is 5.69 Å². The van der Waals surface area contributed by atoms with Crippen molar-refractivity contribution >= 4 is 37.5 Å². The number of anilines is 1. The first-order valence-electron chi connectivity index (χ1n) is 5.97. The van der Waals surface area contributed by atoms with Crippen LogP contribution in [0.2, 0.25) is 0 Å². The lowest BCUT2D eigenvalue weighted by molar-refractivity contribution is 0.261. The van der Waals surface area contributed by atoms with Gasteiger partial charge in [-0.25, -0.2) is 0 Å². The van der Waals surface area contributed by atoms with Crippen molar-refractivity contribution in [3.05, 3.63) is 26.6 Å². The third-order valence-corrected chi connectivity index (χ3v) is 4.41. The second-order valence-electron chi connectivity index (χ2n) is 4.85. The van der Waals surface area contributed by atoms with Crippen LogP contribution < -0.4 is 5.32 Å². The van der Waals surface area contributed by atoms with Gasteiger partial charge in [-0.15, -0.1) is 0 Å². The molecule has 1 heterocycles. The molecule has 1 aromatic carbocycles. The minimum atomic E-state index is 0.545. The smallest absolute Gasteiger partial charge is 0.0631 e. The van der Waals surface area contributed by atoms with Crippen LogP contribution >= 0.6 is 31.9 Å². The summed E-state index contributed by atoms with van der Waals surface area (Å²) in [7, 11) is 2.19. The van der Waals surface area contributed by atoms with Crippen LogP contribution in [0.3, 0.4) is 0 Å². The summed E-state index contributed by atoms with van der Waals surface area (Å²) in [5.41, 5.74) is 2.44. The summed E-state index contributed by atoms with van der Waals surface area (Å²) in [4.78, 5) is 2.39. The van der Waals surface area contributed by atoms with Crippen molar-refractivity contribution < 1.29 is 0 Å². The highest BCUT2D eigenvalue weighted by Crippen LogP contribution is 2.33. The number of aryl methyl sites for hydroxylation is 1. The molecule has 2 nitrogen and oxygen atoms in total. The zero-order chi connectivity index (χ0) is 12.4. The van der Waals surface area contributed by atoms with E-state index in [9.17, 15) is 0 Å². The van der Waals surface area contributed by atoms with E-state index in [1.54, 1.807) is 0 Å². The van der Waals surface area contributed by atoms with Crippen LogP contribution in [0.1, 0.15) is 18.4 Å². The van der Waals surface area contributed by atoms with Crippen molar-refractivity contribution in [3.63, 3.8) is 0 Å². The maximum absolute atomic E-state index is 3.64. The molecule has 1 atom stereocenters. The summed E-state index contributed by atoms with van der Waals surface area (Å²) >= 11 is 7.27. The Kier molecular flexibility index (Phi) is 4.50. The first-order chi connectivity index (χ1) is 8.06. The Bertz CT molecular complexity index is 383. The molecule has 1 fully saturated rings. The fraction of sp³-hybridized carbons (Fsp3) is 0.538. The normalized spacial score (nSPS) is 21.5. The molecule has 1 N–H and O–H groups in total. The predicted molar refractivity (Wildman–Crippen MR) is 80.7 cm³/mol. The zero-order valence-electron chi connectivity index (χ0n) is 10.3. The van der Waals surface area contributed by atoms with Gasteiger partial charge >= 0.3 is 0 Å². The van der Waals surface area contributed by atoms with Crippen LogP contribution in [0.25, 0.3) is 0 Å². The summed E-state index contributed by atoms with van der Waals surface area (Å²) in [6.45, 7) is 4.44. The SMILES string of the molecule is Cc1cc(Br)c(NC2CCCN(C)C2)c(Br)c1. The zero-order valence-corrected chi connectivity index (χ0v) is 13.4. The second-order valence-corrected chi connectivity index (χ2v) is 6.56. The number of hydrogen-bond donors (Lipinski definition) is 1. The number of rotatable bonds is 2. The van der Waals surface area contributed by atoms with Crippen molar-refractivity contribution in [2.75, 3.05) is 25.5 Å². The van der Waals surface area contributed by atoms with Gasteiger partial charge in [-0.1, -0.05) is 0 Å². The lowest BCUT2D eigenvalue weighted by atomic mass is 10.1. The van der Waals surface area contributed by atoms with Crippen LogP contribution in [-0.4, -0.2) is 31.1 Å². The molecule has 0 aliphatic carbocycles. The lowest BCUT2D eigenvalue weighted by Gasteiger charge is -2.31. The summed E-state index contributed by atoms with van der Waals surface area (Å²) in [5.74, 6) is 0. The number of halogens is 2. The van der Waals surface area contributed by atoms with E-state index in [1.807, 2.05) is 0 Å². The van der Waals surface area contributed by atoms with Gasteiger partial charge in [0.25, 0.3) is 0 Å². The third-order valence-electron chi connectivity index (χ3n) is 3.16. The number of nitrogens with one attached hydrogen (secondary N) is 1. The maximum atomic E-state index is 3.64. The molecule has 1 unspecified atom stereocenters. The van der Waals surface area contributed by atoms with E-state index in [1.165, 1.54) is 30.6 Å². The fourth-order valence-electron chi connectivity index (χ4n) is 2.33. The fourth-order valence-corrected chi connectivity index (χ4v) is 3.97. The van der Waals surface area contributed by atoms with Gasteiger partial charge in [0.1, 0.15) is 0 Å². The molecule has 0 amide bonds. The first kappa shape index (κ1) is 13.4. The molecule has 94 valence electrons. The molecule has 17 heavy (non-hydrogen) atoms. The van der Waals surface area contributed by atoms with Gasteiger partial charge < -0.3 is 10.2 Å². The van der Waals surface area contributed by atoms with Crippen molar-refractivity contribution in [2.45, 2.75) is 25.8 Å². The average molecular weight is 362 g/mol. The number of nitrogens with zero attached hydrogens (tertiary/aromatic N) is 1. The highest BCUT2D eigenvalue weighted by molar-refractivity contribution is 9.11. The molecule has 0 aromatic heterocycles. The predicted octanol–water partition coefficient (Wildman–Crippen LogP) is 4.03. The lowest BCUT2D eigenvalue weighted by Crippen LogP contribution is -2.39. The maximum Gasteiger partial charge on any atom is 0.0631 e. The molecule has 1 aliphatic heterocycles. The van der Waals surface area contributed by atoms with Gasteiger partial charge in [0.2, 0.25) is 0 Å². The summed E-state index contributed by atoms with van der Waals surface area (Å²) < 4.78 is 2.27. The summed E-state index contributed by atoms with van der Waals surface area (Å²) in [6.07, 6.45) is 2.52.